The van der Waals surface area contributed by atoms with Crippen molar-refractivity contribution in [2.75, 3.05) is 26.3 Å². The second kappa shape index (κ2) is 12.1. The number of fused-ring (bicyclic) bond motifs is 1. The topological polar surface area (TPSA) is 81.0 Å². The second-order valence-corrected chi connectivity index (χ2v) is 11.4. The highest BCUT2D eigenvalue weighted by Crippen LogP contribution is 2.24. The lowest BCUT2D eigenvalue weighted by Gasteiger charge is -2.20. The van der Waals surface area contributed by atoms with Gasteiger partial charge >= 0.3 is 0 Å². The molecule has 3 aromatic rings. The monoisotopic (exact) mass is 517 g/mol. The number of carbonyl (C=O) groups is 1. The van der Waals surface area contributed by atoms with Gasteiger partial charge < -0.3 is 9.30 Å². The zero-order valence-electron chi connectivity index (χ0n) is 21.2. The van der Waals surface area contributed by atoms with E-state index in [4.69, 9.17) is 4.74 Å². The number of aryl methyl sites for hydroxylation is 2. The molecule has 1 amide bonds. The summed E-state index contributed by atoms with van der Waals surface area (Å²) in [5, 5.41) is 0. The lowest BCUT2D eigenvalue weighted by atomic mass is 10.1. The van der Waals surface area contributed by atoms with E-state index in [0.29, 0.717) is 43.2 Å². The maximum Gasteiger partial charge on any atom is 0.279 e. The van der Waals surface area contributed by atoms with E-state index in [9.17, 15) is 13.2 Å². The van der Waals surface area contributed by atoms with Gasteiger partial charge in [-0.05, 0) is 68.7 Å². The molecular weight excluding hydrogens is 482 g/mol. The van der Waals surface area contributed by atoms with Crippen LogP contribution in [0, 0.1) is 13.8 Å². The van der Waals surface area contributed by atoms with Gasteiger partial charge in [-0.15, -0.1) is 0 Å². The number of ether oxygens (including phenoxy) is 1. The van der Waals surface area contributed by atoms with Crippen LogP contribution in [-0.4, -0.2) is 49.5 Å². The molecule has 0 spiro atoms. The molecule has 0 saturated carbocycles. The smallest absolute Gasteiger partial charge is 0.279 e. The molecule has 35 heavy (non-hydrogen) atoms. The highest BCUT2D eigenvalue weighted by Gasteiger charge is 2.22. The van der Waals surface area contributed by atoms with Crippen molar-refractivity contribution < 1.29 is 17.9 Å². The predicted octanol–water partition coefficient (Wildman–Crippen LogP) is 4.91. The van der Waals surface area contributed by atoms with E-state index in [1.807, 2.05) is 25.3 Å². The molecule has 0 atom stereocenters. The molecule has 0 radical (unpaired) electrons. The van der Waals surface area contributed by atoms with Crippen molar-refractivity contribution in [2.45, 2.75) is 58.9 Å². The van der Waals surface area contributed by atoms with Gasteiger partial charge in [-0.1, -0.05) is 37.7 Å². The predicted molar refractivity (Wildman–Crippen MR) is 141 cm³/mol. The molecular formula is C26H35N3O4S2. The van der Waals surface area contributed by atoms with Gasteiger partial charge in [-0.3, -0.25) is 4.79 Å². The van der Waals surface area contributed by atoms with Gasteiger partial charge in [0.1, 0.15) is 0 Å². The van der Waals surface area contributed by atoms with Crippen LogP contribution in [-0.2, 0) is 21.3 Å². The standard InChI is InChI=1S/C26H35N3O4S2/c1-6-9-14-28(7-2)35(31,32)22-12-10-21(11-13-22)25(30)27-26-29(15-16-33-8-3)23-18-19(4)17-20(5)24(23)34-26/h10-13,17-18H,6-9,14-16H2,1-5H3. The van der Waals surface area contributed by atoms with Gasteiger partial charge in [-0.25, -0.2) is 8.42 Å². The van der Waals surface area contributed by atoms with Crippen LogP contribution in [0.4, 0.5) is 0 Å². The van der Waals surface area contributed by atoms with Gasteiger partial charge in [0.15, 0.2) is 4.80 Å². The molecule has 0 fully saturated rings. The number of nitrogens with zero attached hydrogens (tertiary/aromatic N) is 3. The Kier molecular flexibility index (Phi) is 9.40. The normalized spacial score (nSPS) is 12.7. The Balaban J connectivity index is 1.96. The summed E-state index contributed by atoms with van der Waals surface area (Å²) in [4.78, 5) is 18.3. The van der Waals surface area contributed by atoms with Crippen LogP contribution >= 0.6 is 11.3 Å². The summed E-state index contributed by atoms with van der Waals surface area (Å²) < 4.78 is 36.1. The van der Waals surface area contributed by atoms with Crippen molar-refractivity contribution >= 4 is 37.5 Å². The average Bonchev–Trinajstić information content (AvgIpc) is 3.17. The van der Waals surface area contributed by atoms with Crippen molar-refractivity contribution in [1.82, 2.24) is 8.87 Å². The van der Waals surface area contributed by atoms with E-state index < -0.39 is 15.9 Å². The van der Waals surface area contributed by atoms with Crippen LogP contribution in [0.25, 0.3) is 10.2 Å². The van der Waals surface area contributed by atoms with Gasteiger partial charge in [0.05, 0.1) is 21.7 Å². The fraction of sp³-hybridized carbons (Fsp3) is 0.462. The Labute approximate surface area is 212 Å². The fourth-order valence-electron chi connectivity index (χ4n) is 3.97. The number of amides is 1. The maximum atomic E-state index is 13.1. The van der Waals surface area contributed by atoms with E-state index in [1.165, 1.54) is 27.8 Å². The minimum Gasteiger partial charge on any atom is -0.380 e. The highest BCUT2D eigenvalue weighted by molar-refractivity contribution is 7.89. The van der Waals surface area contributed by atoms with Gasteiger partial charge in [0.25, 0.3) is 5.91 Å². The van der Waals surface area contributed by atoms with Crippen molar-refractivity contribution in [2.24, 2.45) is 4.99 Å². The quantitative estimate of drug-likeness (QED) is 0.339. The van der Waals surface area contributed by atoms with Crippen LogP contribution in [0.2, 0.25) is 0 Å². The molecule has 7 nitrogen and oxygen atoms in total. The third kappa shape index (κ3) is 6.27. The first kappa shape index (κ1) is 27.3. The SMILES string of the molecule is CCCCN(CC)S(=O)(=O)c1ccc(C(=O)N=c2sc3c(C)cc(C)cc3n2CCOCC)cc1. The maximum absolute atomic E-state index is 13.1. The van der Waals surface area contributed by atoms with Crippen LogP contribution in [0.5, 0.6) is 0 Å². The number of aromatic nitrogens is 1. The summed E-state index contributed by atoms with van der Waals surface area (Å²) in [6.45, 7) is 12.5. The molecule has 0 aliphatic rings. The molecule has 190 valence electrons. The van der Waals surface area contributed by atoms with Gasteiger partial charge in [-0.2, -0.15) is 9.30 Å². The first-order valence-electron chi connectivity index (χ1n) is 12.1. The molecule has 0 bridgehead atoms. The lowest BCUT2D eigenvalue weighted by Crippen LogP contribution is -2.31. The highest BCUT2D eigenvalue weighted by atomic mass is 32.2. The number of rotatable bonds is 11. The Morgan fingerprint density at radius 1 is 1.11 bits per heavy atom. The molecule has 2 aromatic carbocycles. The minimum atomic E-state index is -3.60. The summed E-state index contributed by atoms with van der Waals surface area (Å²) in [6.07, 6.45) is 1.72. The molecule has 1 aromatic heterocycles. The molecule has 1 heterocycles. The van der Waals surface area contributed by atoms with Crippen LogP contribution < -0.4 is 4.80 Å². The molecule has 0 aliphatic carbocycles. The number of hydrogen-bond acceptors (Lipinski definition) is 5. The van der Waals surface area contributed by atoms with Crippen molar-refractivity contribution in [3.8, 4) is 0 Å². The molecule has 3 rings (SSSR count). The first-order valence-corrected chi connectivity index (χ1v) is 14.4. The molecule has 9 heteroatoms. The van der Waals surface area contributed by atoms with E-state index in [0.717, 1.165) is 34.2 Å². The number of hydrogen-bond donors (Lipinski definition) is 0. The van der Waals surface area contributed by atoms with Crippen molar-refractivity contribution in [3.05, 3.63) is 57.9 Å². The van der Waals surface area contributed by atoms with Gasteiger partial charge in [0, 0.05) is 31.8 Å². The summed E-state index contributed by atoms with van der Waals surface area (Å²) in [5.74, 6) is -0.404. The third-order valence-corrected chi connectivity index (χ3v) is 9.05. The van der Waals surface area contributed by atoms with Crippen LogP contribution in [0.3, 0.4) is 0 Å². The van der Waals surface area contributed by atoms with Crippen LogP contribution in [0.15, 0.2) is 46.3 Å². The molecule has 0 aliphatic heterocycles. The first-order chi connectivity index (χ1) is 16.7. The van der Waals surface area contributed by atoms with Crippen LogP contribution in [0.1, 0.15) is 55.1 Å². The van der Waals surface area contributed by atoms with E-state index in [-0.39, 0.29) is 4.90 Å². The van der Waals surface area contributed by atoms with Crippen molar-refractivity contribution in [3.63, 3.8) is 0 Å². The summed E-state index contributed by atoms with van der Waals surface area (Å²) in [7, 11) is -3.60. The lowest BCUT2D eigenvalue weighted by molar-refractivity contribution is 0.0996. The fourth-order valence-corrected chi connectivity index (χ4v) is 6.56. The van der Waals surface area contributed by atoms with E-state index >= 15 is 0 Å². The largest absolute Gasteiger partial charge is 0.380 e. The third-order valence-electron chi connectivity index (χ3n) is 5.83. The summed E-state index contributed by atoms with van der Waals surface area (Å²) in [6, 6.07) is 10.3. The number of unbranched alkanes of at least 4 members (excludes halogenated alkanes) is 1. The average molecular weight is 518 g/mol. The molecule has 0 saturated heterocycles. The summed E-state index contributed by atoms with van der Waals surface area (Å²) in [5.41, 5.74) is 3.67. The zero-order chi connectivity index (χ0) is 25.6. The zero-order valence-corrected chi connectivity index (χ0v) is 22.8. The molecule has 0 unspecified atom stereocenters. The number of benzene rings is 2. The summed E-state index contributed by atoms with van der Waals surface area (Å²) >= 11 is 1.48. The van der Waals surface area contributed by atoms with Crippen molar-refractivity contribution in [1.29, 1.82) is 0 Å². The number of sulfonamides is 1. The Bertz CT molecular complexity index is 1340. The van der Waals surface area contributed by atoms with E-state index in [2.05, 4.69) is 31.0 Å². The Hall–Kier alpha value is -2.33. The molecule has 0 N–H and O–H groups in total. The number of thiazole rings is 1. The number of carbonyl (C=O) groups excluding carboxylic acids is 1. The Morgan fingerprint density at radius 2 is 1.83 bits per heavy atom. The second-order valence-electron chi connectivity index (χ2n) is 8.45. The van der Waals surface area contributed by atoms with E-state index in [1.54, 1.807) is 12.1 Å². The Morgan fingerprint density at radius 3 is 2.46 bits per heavy atom. The van der Waals surface area contributed by atoms with Gasteiger partial charge in [0.2, 0.25) is 10.0 Å². The minimum absolute atomic E-state index is 0.187.